The number of anilines is 1. The van der Waals surface area contributed by atoms with E-state index in [4.69, 9.17) is 9.84 Å². The second-order valence-electron chi connectivity index (χ2n) is 3.77. The summed E-state index contributed by atoms with van der Waals surface area (Å²) in [5, 5.41) is 21.8. The number of halogens is 2. The highest BCUT2D eigenvalue weighted by atomic mass is 79.9. The number of ether oxygens (including phenoxy) is 1. The number of nitrogens with one attached hydrogen (secondary N) is 2. The number of hydrogen-bond acceptors (Lipinski definition) is 6. The van der Waals surface area contributed by atoms with Gasteiger partial charge in [-0.2, -0.15) is 0 Å². The fourth-order valence-corrected chi connectivity index (χ4v) is 2.50. The minimum atomic E-state index is -0.856. The van der Waals surface area contributed by atoms with Gasteiger partial charge in [0.2, 0.25) is 0 Å². The predicted molar refractivity (Wildman–Crippen MR) is 70.6 cm³/mol. The fourth-order valence-electron chi connectivity index (χ4n) is 1.62. The molecule has 1 aromatic heterocycles. The molecule has 1 aliphatic rings. The molecule has 0 unspecified atom stereocenters. The van der Waals surface area contributed by atoms with E-state index in [1.807, 2.05) is 0 Å². The first-order valence-electron chi connectivity index (χ1n) is 5.12. The maximum absolute atomic E-state index is 11.1. The van der Waals surface area contributed by atoms with Gasteiger partial charge in [-0.15, -0.1) is 0 Å². The monoisotopic (exact) mass is 383 g/mol. The molecule has 2 rings (SSSR count). The first-order valence-corrected chi connectivity index (χ1v) is 6.83. The average molecular weight is 385 g/mol. The van der Waals surface area contributed by atoms with E-state index in [-0.39, 0.29) is 11.4 Å². The minimum Gasteiger partial charge on any atom is -0.394 e. The number of aromatic nitrogens is 2. The third-order valence-electron chi connectivity index (χ3n) is 2.55. The van der Waals surface area contributed by atoms with Gasteiger partial charge in [-0.05, 0) is 15.9 Å². The van der Waals surface area contributed by atoms with Crippen LogP contribution in [0.25, 0.3) is 0 Å². The molecule has 0 bridgehead atoms. The topological polar surface area (TPSA) is 107 Å². The number of hydrogen-bond donors (Lipinski definition) is 4. The van der Waals surface area contributed by atoms with Crippen molar-refractivity contribution in [3.05, 3.63) is 21.2 Å². The van der Waals surface area contributed by atoms with Crippen molar-refractivity contribution in [1.82, 2.24) is 9.97 Å². The van der Waals surface area contributed by atoms with Crippen molar-refractivity contribution in [1.29, 1.82) is 0 Å². The highest BCUT2D eigenvalue weighted by Gasteiger charge is 2.42. The SMILES string of the molecule is O=c1ncc(Br)c(N[C@@H]2O[C@H](CO)[C@H](Br)[C@H]2O)[nH]1. The van der Waals surface area contributed by atoms with Gasteiger partial charge in [0.25, 0.3) is 0 Å². The van der Waals surface area contributed by atoms with Crippen molar-refractivity contribution in [3.63, 3.8) is 0 Å². The summed E-state index contributed by atoms with van der Waals surface area (Å²) in [4.78, 5) is 16.7. The Kier molecular flexibility index (Phi) is 4.38. The van der Waals surface area contributed by atoms with Crippen LogP contribution in [-0.2, 0) is 4.74 Å². The van der Waals surface area contributed by atoms with Gasteiger partial charge in [0.15, 0.2) is 6.23 Å². The lowest BCUT2D eigenvalue weighted by atomic mass is 10.2. The highest BCUT2D eigenvalue weighted by Crippen LogP contribution is 2.28. The lowest BCUT2D eigenvalue weighted by Gasteiger charge is -2.17. The molecule has 1 fully saturated rings. The molecular weight excluding hydrogens is 374 g/mol. The van der Waals surface area contributed by atoms with Gasteiger partial charge in [0, 0.05) is 0 Å². The molecule has 1 aliphatic heterocycles. The molecule has 4 N–H and O–H groups in total. The second kappa shape index (κ2) is 5.66. The number of rotatable bonds is 3. The summed E-state index contributed by atoms with van der Waals surface area (Å²) in [7, 11) is 0. The first-order chi connectivity index (χ1) is 8.52. The van der Waals surface area contributed by atoms with Crippen molar-refractivity contribution in [3.8, 4) is 0 Å². The van der Waals surface area contributed by atoms with E-state index in [2.05, 4.69) is 47.1 Å². The molecule has 0 aliphatic carbocycles. The summed E-state index contributed by atoms with van der Waals surface area (Å²) in [6, 6.07) is 0. The molecule has 0 spiro atoms. The fraction of sp³-hybridized carbons (Fsp3) is 0.556. The predicted octanol–water partition coefficient (Wildman–Crippen LogP) is -0.214. The molecule has 0 aromatic carbocycles. The average Bonchev–Trinajstić information content (AvgIpc) is 2.62. The van der Waals surface area contributed by atoms with Crippen LogP contribution in [0.2, 0.25) is 0 Å². The number of nitrogens with zero attached hydrogens (tertiary/aromatic N) is 1. The highest BCUT2D eigenvalue weighted by molar-refractivity contribution is 9.10. The van der Waals surface area contributed by atoms with Crippen LogP contribution in [0.3, 0.4) is 0 Å². The molecule has 1 saturated heterocycles. The van der Waals surface area contributed by atoms with Gasteiger partial charge in [-0.25, -0.2) is 9.78 Å². The standard InChI is InChI=1S/C9H11Br2N3O4/c10-3-1-12-9(17)14-7(3)13-8-6(16)5(11)4(2-15)18-8/h1,4-6,8,15-16H,2H2,(H2,12,13,14,17)/t4-,5+,6-,8-/m1/s1. The van der Waals surface area contributed by atoms with E-state index in [9.17, 15) is 9.90 Å². The molecule has 18 heavy (non-hydrogen) atoms. The van der Waals surface area contributed by atoms with Crippen LogP contribution in [0, 0.1) is 0 Å². The zero-order valence-electron chi connectivity index (χ0n) is 9.01. The summed E-state index contributed by atoms with van der Waals surface area (Å²) < 4.78 is 5.95. The van der Waals surface area contributed by atoms with Crippen LogP contribution in [0.5, 0.6) is 0 Å². The molecule has 9 heteroatoms. The number of aliphatic hydroxyl groups is 2. The van der Waals surface area contributed by atoms with Crippen LogP contribution in [0.15, 0.2) is 15.5 Å². The van der Waals surface area contributed by atoms with E-state index in [1.54, 1.807) is 0 Å². The van der Waals surface area contributed by atoms with Crippen LogP contribution >= 0.6 is 31.9 Å². The zero-order chi connectivity index (χ0) is 13.3. The van der Waals surface area contributed by atoms with E-state index >= 15 is 0 Å². The van der Waals surface area contributed by atoms with Gasteiger partial charge < -0.3 is 20.3 Å². The van der Waals surface area contributed by atoms with E-state index in [0.29, 0.717) is 10.3 Å². The van der Waals surface area contributed by atoms with Crippen molar-refractivity contribution < 1.29 is 14.9 Å². The first kappa shape index (κ1) is 13.9. The van der Waals surface area contributed by atoms with E-state index in [0.717, 1.165) is 0 Å². The normalized spacial score (nSPS) is 31.6. The number of aromatic amines is 1. The lowest BCUT2D eigenvalue weighted by Crippen LogP contribution is -2.34. The number of alkyl halides is 1. The number of H-pyrrole nitrogens is 1. The molecule has 2 heterocycles. The Balaban J connectivity index is 2.15. The van der Waals surface area contributed by atoms with Gasteiger partial charge in [-0.3, -0.25) is 4.98 Å². The Morgan fingerprint density at radius 3 is 2.94 bits per heavy atom. The van der Waals surface area contributed by atoms with E-state index < -0.39 is 24.1 Å². The van der Waals surface area contributed by atoms with Gasteiger partial charge in [-0.1, -0.05) is 15.9 Å². The maximum Gasteiger partial charge on any atom is 0.346 e. The Labute approximate surface area is 119 Å². The Morgan fingerprint density at radius 2 is 2.33 bits per heavy atom. The summed E-state index contributed by atoms with van der Waals surface area (Å²) in [5.41, 5.74) is -0.512. The third kappa shape index (κ3) is 2.75. The van der Waals surface area contributed by atoms with Crippen molar-refractivity contribution in [2.24, 2.45) is 0 Å². The van der Waals surface area contributed by atoms with Gasteiger partial charge in [0.05, 0.1) is 28.2 Å². The van der Waals surface area contributed by atoms with Gasteiger partial charge >= 0.3 is 5.69 Å². The minimum absolute atomic E-state index is 0.209. The third-order valence-corrected chi connectivity index (χ3v) is 4.28. The molecule has 0 saturated carbocycles. The summed E-state index contributed by atoms with van der Waals surface area (Å²) >= 11 is 6.46. The van der Waals surface area contributed by atoms with Crippen molar-refractivity contribution in [2.45, 2.75) is 23.3 Å². The van der Waals surface area contributed by atoms with Crippen LogP contribution in [-0.4, -0.2) is 50.1 Å². The Morgan fingerprint density at radius 1 is 1.61 bits per heavy atom. The van der Waals surface area contributed by atoms with E-state index in [1.165, 1.54) is 6.20 Å². The largest absolute Gasteiger partial charge is 0.394 e. The van der Waals surface area contributed by atoms with Crippen LogP contribution < -0.4 is 11.0 Å². The molecular formula is C9H11Br2N3O4. The summed E-state index contributed by atoms with van der Waals surface area (Å²) in [6.07, 6.45) is -0.756. The molecule has 0 amide bonds. The quantitative estimate of drug-likeness (QED) is 0.537. The lowest BCUT2D eigenvalue weighted by molar-refractivity contribution is 0.00543. The maximum atomic E-state index is 11.1. The van der Waals surface area contributed by atoms with Crippen molar-refractivity contribution >= 4 is 37.7 Å². The molecule has 0 radical (unpaired) electrons. The summed E-state index contributed by atoms with van der Waals surface area (Å²) in [6.45, 7) is -0.209. The van der Waals surface area contributed by atoms with Crippen molar-refractivity contribution in [2.75, 3.05) is 11.9 Å². The smallest absolute Gasteiger partial charge is 0.346 e. The second-order valence-corrected chi connectivity index (χ2v) is 5.68. The Hall–Kier alpha value is -0.480. The Bertz CT molecular complexity index is 483. The van der Waals surface area contributed by atoms with Crippen LogP contribution in [0.1, 0.15) is 0 Å². The summed E-state index contributed by atoms with van der Waals surface area (Å²) in [5.74, 6) is 0.359. The molecule has 4 atom stereocenters. The molecule has 7 nitrogen and oxygen atoms in total. The molecule has 1 aromatic rings. The van der Waals surface area contributed by atoms with Crippen LogP contribution in [0.4, 0.5) is 5.82 Å². The number of aliphatic hydroxyl groups excluding tert-OH is 2. The van der Waals surface area contributed by atoms with Gasteiger partial charge in [0.1, 0.15) is 11.9 Å². The molecule has 100 valence electrons. The zero-order valence-corrected chi connectivity index (χ0v) is 12.2.